The van der Waals surface area contributed by atoms with E-state index in [2.05, 4.69) is 25.9 Å². The Hall–Kier alpha value is 0.579. The Labute approximate surface area is 179 Å². The molecule has 0 bridgehead atoms. The van der Waals surface area contributed by atoms with Crippen LogP contribution < -0.4 is 0 Å². The van der Waals surface area contributed by atoms with Gasteiger partial charge < -0.3 is 0 Å². The summed E-state index contributed by atoms with van der Waals surface area (Å²) in [6, 6.07) is 0.716. The Kier molecular flexibility index (Phi) is 1.15. The van der Waals surface area contributed by atoms with E-state index in [1.54, 1.807) is 25.7 Å². The van der Waals surface area contributed by atoms with Crippen LogP contribution in [-0.4, -0.2) is 46.7 Å². The topological polar surface area (TPSA) is 20.3 Å². The van der Waals surface area contributed by atoms with Gasteiger partial charge in [0.15, 0.2) is 0 Å². The number of aldehydes is 1. The number of hydrogen-bond acceptors (Lipinski definition) is 2. The van der Waals surface area contributed by atoms with Gasteiger partial charge in [0.1, 0.15) is 0 Å². The first-order valence-corrected chi connectivity index (χ1v) is 21.6. The van der Waals surface area contributed by atoms with Crippen molar-refractivity contribution in [3.05, 3.63) is 0 Å². The van der Waals surface area contributed by atoms with Crippen LogP contribution in [0.1, 0.15) is 71.1 Å². The van der Waals surface area contributed by atoms with E-state index in [0.717, 1.165) is 15.4 Å². The average Bonchev–Trinajstić information content (AvgIpc) is 3.75. The molecule has 6 unspecified atom stereocenters. The predicted molar refractivity (Wildman–Crippen MR) is 124 cm³/mol. The maximum absolute atomic E-state index is 13.8. The Morgan fingerprint density at radius 2 is 1.32 bits per heavy atom. The summed E-state index contributed by atoms with van der Waals surface area (Å²) in [7, 11) is 4.84. The molecule has 0 N–H and O–H groups in total. The summed E-state index contributed by atoms with van der Waals surface area (Å²) in [6.07, 6.45) is 17.2. The van der Waals surface area contributed by atoms with Gasteiger partial charge in [0.05, 0.1) is 0 Å². The minimum atomic E-state index is -3.88. The van der Waals surface area contributed by atoms with E-state index in [1.165, 1.54) is 72.2 Å². The van der Waals surface area contributed by atoms with Crippen LogP contribution in [0.2, 0.25) is 42.3 Å². The van der Waals surface area contributed by atoms with E-state index in [0.29, 0.717) is 14.7 Å². The zero-order chi connectivity index (χ0) is 20.5. The number of rotatable bonds is 6. The fourth-order valence-corrected chi connectivity index (χ4v) is 119. The van der Waals surface area contributed by atoms with Crippen LogP contribution in [0, 0.1) is 0 Å². The second-order valence-corrected chi connectivity index (χ2v) is 43.0. The van der Waals surface area contributed by atoms with Crippen molar-refractivity contribution in [2.45, 2.75) is 135 Å². The summed E-state index contributed by atoms with van der Waals surface area (Å²) in [6.45, 7) is -1.27. The van der Waals surface area contributed by atoms with Crippen molar-refractivity contribution in [3.63, 3.8) is 0 Å². The SMILES string of the molecule is CC(N(C)C)[C]12[CH]3[CH]4[C]5(P(C6CCCCC6)C6CCCCC6)[C]1(C=O)[Fe]34251678[CH]2[CH]1[CH]6[CH]7[CH]28. The Balaban J connectivity index is 1.19. The summed E-state index contributed by atoms with van der Waals surface area (Å²) in [5.41, 5.74) is 2.16. The third-order valence-corrected chi connectivity index (χ3v) is 72.9. The molecule has 12 aliphatic rings. The molecule has 10 heterocycles. The van der Waals surface area contributed by atoms with Gasteiger partial charge in [0, 0.05) is 0 Å². The quantitative estimate of drug-likeness (QED) is 0.225. The molecule has 6 atom stereocenters. The summed E-state index contributed by atoms with van der Waals surface area (Å²) >= 11 is 0. The standard InChI is InChI=1S/C22H35NOP.C5H5.Fe/c1-17(23(2)3)20-14-15-22(21(20)16-24)25(18-10-6-4-7-11-18)19-12-8-5-9-13-19;1-2-4-5-3-1;/h14-19H,4-13H2,1-3H3;1-5H;. The third kappa shape index (κ3) is 0.308. The van der Waals surface area contributed by atoms with Gasteiger partial charge in [-0.25, -0.2) is 0 Å². The van der Waals surface area contributed by atoms with Crippen molar-refractivity contribution in [2.24, 2.45) is 0 Å². The molecule has 12 fully saturated rings. The number of carbonyl (C=O) groups is 1. The molecule has 2 nitrogen and oxygen atoms in total. The Bertz CT molecular complexity index is 1380. The second-order valence-electron chi connectivity index (χ2n) is 16.6. The molecule has 0 radical (unpaired) electrons. The predicted octanol–water partition coefficient (Wildman–Crippen LogP) is 7.32. The molecule has 12 rings (SSSR count). The van der Waals surface area contributed by atoms with E-state index in [-0.39, 0.29) is 7.92 Å². The number of nitrogens with zero attached hydrogens (tertiary/aromatic N) is 1. The van der Waals surface area contributed by atoms with Crippen molar-refractivity contribution < 1.29 is 11.3 Å². The molecular formula is C27H40FeNOP. The van der Waals surface area contributed by atoms with E-state index in [1.807, 2.05) is 6.29 Å². The van der Waals surface area contributed by atoms with Crippen LogP contribution in [0.4, 0.5) is 0 Å². The monoisotopic (exact) mass is 481 g/mol. The number of fused-ring (bicyclic) bond motifs is 10. The molecule has 31 heavy (non-hydrogen) atoms. The minimum absolute atomic E-state index is 0.106. The van der Waals surface area contributed by atoms with Crippen molar-refractivity contribution in [1.29, 1.82) is 0 Å². The van der Waals surface area contributed by atoms with E-state index in [4.69, 9.17) is 0 Å². The van der Waals surface area contributed by atoms with Crippen LogP contribution in [0.15, 0.2) is 0 Å². The molecule has 0 aromatic heterocycles. The van der Waals surface area contributed by atoms with Crippen LogP contribution in [-0.2, 0) is 11.3 Å². The average molecular weight is 481 g/mol. The first-order valence-electron chi connectivity index (χ1n) is 14.0. The first-order chi connectivity index (χ1) is 14.8. The van der Waals surface area contributed by atoms with Gasteiger partial charge in [-0.05, 0) is 0 Å². The van der Waals surface area contributed by atoms with Gasteiger partial charge in [0.2, 0.25) is 0 Å². The summed E-state index contributed by atoms with van der Waals surface area (Å²) in [4.78, 5) is 25.1. The Morgan fingerprint density at radius 1 is 0.839 bits per heavy atom. The summed E-state index contributed by atoms with van der Waals surface area (Å²) in [5, 5.41) is 0. The van der Waals surface area contributed by atoms with E-state index >= 15 is 0 Å². The van der Waals surface area contributed by atoms with Crippen molar-refractivity contribution >= 4 is 14.2 Å². The normalized spacial score (nSPS) is 84.1. The molecule has 0 aromatic carbocycles. The van der Waals surface area contributed by atoms with E-state index < -0.39 is 6.51 Å². The molecule has 0 aromatic rings. The van der Waals surface area contributed by atoms with Gasteiger partial charge in [-0.2, -0.15) is 0 Å². The molecule has 10 aliphatic heterocycles. The molecule has 4 heteroatoms. The zero-order valence-corrected chi connectivity index (χ0v) is 21.6. The fraction of sp³-hybridized carbons (Fsp3) is 0.963. The van der Waals surface area contributed by atoms with Gasteiger partial charge in [-0.1, -0.05) is 0 Å². The Morgan fingerprint density at radius 3 is 1.68 bits per heavy atom. The van der Waals surface area contributed by atoms with Crippen LogP contribution >= 0.6 is 7.92 Å². The number of carbonyl (C=O) groups excluding carboxylic acids is 1. The van der Waals surface area contributed by atoms with Crippen LogP contribution in [0.25, 0.3) is 0 Å². The molecular weight excluding hydrogens is 441 g/mol. The fourth-order valence-electron chi connectivity index (χ4n) is 23.3. The van der Waals surface area contributed by atoms with Gasteiger partial charge in [0.25, 0.3) is 0 Å². The molecule has 2 saturated carbocycles. The van der Waals surface area contributed by atoms with Gasteiger partial charge in [-0.3, -0.25) is 0 Å². The van der Waals surface area contributed by atoms with Crippen LogP contribution in [0.5, 0.6) is 0 Å². The van der Waals surface area contributed by atoms with Crippen LogP contribution in [0.3, 0.4) is 0 Å². The maximum atomic E-state index is 13.8. The molecule has 2 aliphatic carbocycles. The van der Waals surface area contributed by atoms with Crippen molar-refractivity contribution in [2.75, 3.05) is 14.1 Å². The summed E-state index contributed by atoms with van der Waals surface area (Å²) < 4.78 is 1.77. The zero-order valence-electron chi connectivity index (χ0n) is 19.6. The van der Waals surface area contributed by atoms with Gasteiger partial charge in [-0.15, -0.1) is 0 Å². The molecule has 172 valence electrons. The third-order valence-electron chi connectivity index (χ3n) is 21.1. The van der Waals surface area contributed by atoms with E-state index in [9.17, 15) is 4.79 Å². The second kappa shape index (κ2) is 2.19. The van der Waals surface area contributed by atoms with Crippen molar-refractivity contribution in [1.82, 2.24) is 4.90 Å². The van der Waals surface area contributed by atoms with Gasteiger partial charge >= 0.3 is 179 Å². The molecule has 0 amide bonds. The number of hydrogen-bond donors (Lipinski definition) is 0. The first kappa shape index (κ1) is 16.3. The van der Waals surface area contributed by atoms with Crippen molar-refractivity contribution in [3.8, 4) is 0 Å². The molecule has 1 spiro atoms. The summed E-state index contributed by atoms with van der Waals surface area (Å²) in [5.74, 6) is 0. The molecule has 10 saturated heterocycles.